The van der Waals surface area contributed by atoms with Crippen molar-refractivity contribution in [3.63, 3.8) is 0 Å². The van der Waals surface area contributed by atoms with Gasteiger partial charge in [-0.3, -0.25) is 4.57 Å². The summed E-state index contributed by atoms with van der Waals surface area (Å²) in [5, 5.41) is 24.0. The van der Waals surface area contributed by atoms with Crippen LogP contribution in [0.1, 0.15) is 18.4 Å². The topological polar surface area (TPSA) is 183 Å². The minimum atomic E-state index is -4.95. The number of aromatic nitrogens is 4. The fourth-order valence-electron chi connectivity index (χ4n) is 3.60. The number of fused-ring (bicyclic) bond motifs is 1. The Hall–Kier alpha value is -2.98. The first-order valence-corrected chi connectivity index (χ1v) is 14.1. The van der Waals surface area contributed by atoms with Crippen molar-refractivity contribution in [1.29, 1.82) is 0 Å². The fraction of sp³-hybridized carbons (Fsp3) is 0.227. The van der Waals surface area contributed by atoms with Crippen LogP contribution in [0.25, 0.3) is 11.2 Å². The second-order valence-corrected chi connectivity index (χ2v) is 12.3. The molecule has 2 aromatic heterocycles. The Morgan fingerprint density at radius 1 is 1.14 bits per heavy atom. The number of hydrogen-bond donors (Lipinski definition) is 6. The van der Waals surface area contributed by atoms with Crippen LogP contribution in [0.5, 0.6) is 5.75 Å². The summed E-state index contributed by atoms with van der Waals surface area (Å²) in [4.78, 5) is 32.1. The molecule has 0 aliphatic heterocycles. The number of anilines is 3. The van der Waals surface area contributed by atoms with Gasteiger partial charge in [-0.05, 0) is 48.7 Å². The number of phenolic OH excluding ortho intramolecular Hbond substituents is 1. The molecule has 0 bridgehead atoms. The van der Waals surface area contributed by atoms with Crippen LogP contribution in [0.15, 0.2) is 54.9 Å². The number of phenols is 1. The van der Waals surface area contributed by atoms with Gasteiger partial charge >= 0.3 is 7.60 Å². The molecule has 196 valence electrons. The van der Waals surface area contributed by atoms with E-state index in [4.69, 9.17) is 11.6 Å². The molecule has 0 saturated carbocycles. The molecule has 2 unspecified atom stereocenters. The third-order valence-corrected chi connectivity index (χ3v) is 8.97. The van der Waals surface area contributed by atoms with E-state index in [-0.39, 0.29) is 31.1 Å². The van der Waals surface area contributed by atoms with Gasteiger partial charge in [0, 0.05) is 17.3 Å². The molecular weight excluding hydrogens is 542 g/mol. The summed E-state index contributed by atoms with van der Waals surface area (Å²) in [5.74, 6) is 0.724. The van der Waals surface area contributed by atoms with Gasteiger partial charge in [0.1, 0.15) is 14.2 Å². The monoisotopic (exact) mass is 566 g/mol. The van der Waals surface area contributed by atoms with Gasteiger partial charge in [0.25, 0.3) is 0 Å². The van der Waals surface area contributed by atoms with Gasteiger partial charge < -0.3 is 39.8 Å². The zero-order valence-electron chi connectivity index (χ0n) is 19.3. The van der Waals surface area contributed by atoms with Crippen molar-refractivity contribution in [2.45, 2.75) is 24.5 Å². The van der Waals surface area contributed by atoms with Crippen molar-refractivity contribution in [3.8, 4) is 5.75 Å². The highest BCUT2D eigenvalue weighted by Gasteiger charge is 2.43. The van der Waals surface area contributed by atoms with Crippen LogP contribution in [0.4, 0.5) is 17.5 Å². The van der Waals surface area contributed by atoms with Gasteiger partial charge in [0.15, 0.2) is 17.0 Å². The largest absolute Gasteiger partial charge is 0.508 e. The molecule has 0 radical (unpaired) electrons. The minimum absolute atomic E-state index is 0.0951. The summed E-state index contributed by atoms with van der Waals surface area (Å²) in [6.45, 7) is 0.518. The average Bonchev–Trinajstić information content (AvgIpc) is 3.24. The Morgan fingerprint density at radius 3 is 2.62 bits per heavy atom. The Morgan fingerprint density at radius 2 is 1.92 bits per heavy atom. The van der Waals surface area contributed by atoms with Crippen LogP contribution in [0.3, 0.4) is 0 Å². The van der Waals surface area contributed by atoms with E-state index in [9.17, 15) is 29.1 Å². The molecule has 0 saturated heterocycles. The van der Waals surface area contributed by atoms with Gasteiger partial charge in [-0.1, -0.05) is 29.8 Å². The van der Waals surface area contributed by atoms with Crippen molar-refractivity contribution in [3.05, 3.63) is 65.4 Å². The molecule has 4 rings (SSSR count). The summed E-state index contributed by atoms with van der Waals surface area (Å²) in [6, 6.07) is 13.9. The molecule has 15 heteroatoms. The molecule has 0 aliphatic rings. The van der Waals surface area contributed by atoms with E-state index in [1.807, 2.05) is 12.1 Å². The quantitative estimate of drug-likeness (QED) is 0.115. The van der Waals surface area contributed by atoms with E-state index in [0.717, 1.165) is 5.56 Å². The van der Waals surface area contributed by atoms with Crippen LogP contribution < -0.4 is 10.6 Å². The maximum Gasteiger partial charge on any atom is 0.363 e. The second-order valence-electron chi connectivity index (χ2n) is 8.32. The summed E-state index contributed by atoms with van der Waals surface area (Å²) < 4.78 is 24.6. The average molecular weight is 567 g/mol. The van der Waals surface area contributed by atoms with Crippen molar-refractivity contribution in [1.82, 2.24) is 19.5 Å². The standard InChI is InChI=1S/C22H25ClN6O6P2/c23-15-5-2-6-16(11-15)26-19-18-20(29(13-25-18)12-14-4-1-7-17(30)10-14)28-21(27-19)24-9-3-8-22(31,36-32)37(33,34)35/h1-2,4-7,10-11,13,30-31H,3,8-9,12,36H2,(H2,33,34,35)(H2,24,26,27,28). The van der Waals surface area contributed by atoms with Gasteiger partial charge in [-0.25, -0.2) is 4.98 Å². The highest BCUT2D eigenvalue weighted by molar-refractivity contribution is 7.63. The van der Waals surface area contributed by atoms with Gasteiger partial charge in [-0.15, -0.1) is 0 Å². The number of halogens is 1. The molecule has 37 heavy (non-hydrogen) atoms. The number of nitrogens with zero attached hydrogens (tertiary/aromatic N) is 4. The predicted octanol–water partition coefficient (Wildman–Crippen LogP) is 3.75. The van der Waals surface area contributed by atoms with E-state index in [0.29, 0.717) is 34.2 Å². The molecular formula is C22H25ClN6O6P2. The van der Waals surface area contributed by atoms with Gasteiger partial charge in [0.2, 0.25) is 11.0 Å². The summed E-state index contributed by atoms with van der Waals surface area (Å²) in [6.07, 6.45) is 1.33. The van der Waals surface area contributed by atoms with Crippen LogP contribution in [-0.2, 0) is 15.7 Å². The normalized spacial score (nSPS) is 13.7. The molecule has 2 aromatic carbocycles. The summed E-state index contributed by atoms with van der Waals surface area (Å²) >= 11 is 6.11. The lowest BCUT2D eigenvalue weighted by Crippen LogP contribution is -2.22. The fourth-order valence-corrected chi connectivity index (χ4v) is 5.11. The number of nitrogens with one attached hydrogen (secondary N) is 2. The Labute approximate surface area is 217 Å². The van der Waals surface area contributed by atoms with Crippen LogP contribution in [0.2, 0.25) is 5.02 Å². The number of benzene rings is 2. The Kier molecular flexibility index (Phi) is 8.18. The lowest BCUT2D eigenvalue weighted by molar-refractivity contribution is 0.157. The number of aliphatic hydroxyl groups is 1. The maximum absolute atomic E-state index is 11.5. The molecule has 6 N–H and O–H groups in total. The molecule has 0 fully saturated rings. The molecule has 2 heterocycles. The first-order chi connectivity index (χ1) is 17.6. The number of aromatic hydroxyl groups is 1. The van der Waals surface area contributed by atoms with E-state index < -0.39 is 21.1 Å². The smallest absolute Gasteiger partial charge is 0.363 e. The zero-order chi connectivity index (χ0) is 26.6. The van der Waals surface area contributed by atoms with Gasteiger partial charge in [-0.2, -0.15) is 9.97 Å². The maximum atomic E-state index is 11.5. The van der Waals surface area contributed by atoms with Crippen molar-refractivity contribution in [2.75, 3.05) is 17.2 Å². The van der Waals surface area contributed by atoms with Crippen LogP contribution in [0, 0.1) is 0 Å². The molecule has 4 aromatic rings. The molecule has 0 spiro atoms. The van der Waals surface area contributed by atoms with Crippen molar-refractivity contribution >= 4 is 56.3 Å². The Balaban J connectivity index is 1.62. The SMILES string of the molecule is O=[PH2]C(O)(CCCNc1nc(Nc2cccc(Cl)c2)c2ncn(Cc3cccc(O)c3)c2n1)P(=O)(O)O. The first kappa shape index (κ1) is 27.1. The van der Waals surface area contributed by atoms with E-state index in [1.54, 1.807) is 47.3 Å². The van der Waals surface area contributed by atoms with Crippen LogP contribution >= 0.6 is 27.7 Å². The number of rotatable bonds is 11. The number of imidazole rings is 1. The first-order valence-electron chi connectivity index (χ1n) is 11.1. The minimum Gasteiger partial charge on any atom is -0.508 e. The third-order valence-electron chi connectivity index (χ3n) is 5.51. The predicted molar refractivity (Wildman–Crippen MR) is 142 cm³/mol. The number of hydrogen-bond acceptors (Lipinski definition) is 9. The third kappa shape index (κ3) is 6.48. The van der Waals surface area contributed by atoms with E-state index in [2.05, 4.69) is 25.6 Å². The zero-order valence-corrected chi connectivity index (χ0v) is 22.1. The van der Waals surface area contributed by atoms with Gasteiger partial charge in [0.05, 0.1) is 12.9 Å². The van der Waals surface area contributed by atoms with Crippen molar-refractivity contribution < 1.29 is 29.1 Å². The highest BCUT2D eigenvalue weighted by Crippen LogP contribution is 2.57. The van der Waals surface area contributed by atoms with Crippen molar-refractivity contribution in [2.24, 2.45) is 0 Å². The highest BCUT2D eigenvalue weighted by atomic mass is 35.5. The summed E-state index contributed by atoms with van der Waals surface area (Å²) in [7, 11) is -7.05. The molecule has 0 amide bonds. The van der Waals surface area contributed by atoms with E-state index in [1.165, 1.54) is 0 Å². The van der Waals surface area contributed by atoms with E-state index >= 15 is 0 Å². The molecule has 12 nitrogen and oxygen atoms in total. The summed E-state index contributed by atoms with van der Waals surface area (Å²) in [5.41, 5.74) is 2.47. The lowest BCUT2D eigenvalue weighted by Gasteiger charge is -2.23. The Bertz CT molecular complexity index is 1480. The second kappa shape index (κ2) is 11.2. The lowest BCUT2D eigenvalue weighted by atomic mass is 10.2. The molecule has 0 aliphatic carbocycles. The van der Waals surface area contributed by atoms with Crippen LogP contribution in [-0.4, -0.2) is 51.1 Å². The molecule has 2 atom stereocenters.